The van der Waals surface area contributed by atoms with Crippen LogP contribution in [0.1, 0.15) is 36.2 Å². The molecule has 0 aliphatic heterocycles. The van der Waals surface area contributed by atoms with Crippen molar-refractivity contribution in [3.63, 3.8) is 0 Å². The normalized spacial score (nSPS) is 20.4. The lowest BCUT2D eigenvalue weighted by atomic mass is 9.95. The topological polar surface area (TPSA) is 89.9 Å². The Morgan fingerprint density at radius 1 is 1.08 bits per heavy atom. The molecule has 7 nitrogen and oxygen atoms in total. The van der Waals surface area contributed by atoms with Gasteiger partial charge >= 0.3 is 0 Å². The van der Waals surface area contributed by atoms with Crippen molar-refractivity contribution in [3.05, 3.63) is 36.5 Å². The van der Waals surface area contributed by atoms with Crippen LogP contribution in [0.2, 0.25) is 0 Å². The van der Waals surface area contributed by atoms with E-state index < -0.39 is 0 Å². The first kappa shape index (κ1) is 16.6. The fourth-order valence-electron chi connectivity index (χ4n) is 2.70. The van der Waals surface area contributed by atoms with Crippen LogP contribution >= 0.6 is 11.8 Å². The van der Waals surface area contributed by atoms with Crippen molar-refractivity contribution in [1.29, 1.82) is 0 Å². The van der Waals surface area contributed by atoms with Gasteiger partial charge in [0.05, 0.1) is 7.11 Å². The first-order valence-corrected chi connectivity index (χ1v) is 8.73. The van der Waals surface area contributed by atoms with Gasteiger partial charge in [0.25, 0.3) is 5.91 Å². The highest BCUT2D eigenvalue weighted by Gasteiger charge is 2.25. The molecule has 0 radical (unpaired) electrons. The maximum Gasteiger partial charge on any atom is 0.275 e. The van der Waals surface area contributed by atoms with Crippen LogP contribution in [-0.4, -0.2) is 44.2 Å². The van der Waals surface area contributed by atoms with Crippen molar-refractivity contribution >= 4 is 17.7 Å². The molecular weight excluding hydrogens is 326 g/mol. The highest BCUT2D eigenvalue weighted by molar-refractivity contribution is 7.99. The van der Waals surface area contributed by atoms with Gasteiger partial charge in [-0.1, -0.05) is 11.8 Å². The van der Waals surface area contributed by atoms with Gasteiger partial charge in [0.1, 0.15) is 0 Å². The fraction of sp³-hybridized carbons (Fsp3) is 0.438. The molecule has 24 heavy (non-hydrogen) atoms. The van der Waals surface area contributed by atoms with Gasteiger partial charge < -0.3 is 10.1 Å². The Hall–Kier alpha value is -2.22. The van der Waals surface area contributed by atoms with Gasteiger partial charge in [-0.2, -0.15) is 0 Å². The summed E-state index contributed by atoms with van der Waals surface area (Å²) in [7, 11) is 1.48. The van der Waals surface area contributed by atoms with E-state index in [1.54, 1.807) is 24.2 Å². The van der Waals surface area contributed by atoms with Crippen LogP contribution in [0.3, 0.4) is 0 Å². The Morgan fingerprint density at radius 3 is 2.50 bits per heavy atom. The van der Waals surface area contributed by atoms with E-state index in [0.717, 1.165) is 30.8 Å². The summed E-state index contributed by atoms with van der Waals surface area (Å²) in [4.78, 5) is 28.9. The molecule has 1 amide bonds. The number of amides is 1. The molecule has 2 aromatic heterocycles. The molecule has 1 aliphatic rings. The third-order valence-corrected chi connectivity index (χ3v) is 5.12. The monoisotopic (exact) mass is 345 g/mol. The lowest BCUT2D eigenvalue weighted by molar-refractivity contribution is 0.0918. The van der Waals surface area contributed by atoms with Crippen LogP contribution in [-0.2, 0) is 0 Å². The highest BCUT2D eigenvalue weighted by Crippen LogP contribution is 2.31. The average Bonchev–Trinajstić information content (AvgIpc) is 2.64. The van der Waals surface area contributed by atoms with Gasteiger partial charge in [0.2, 0.25) is 5.88 Å². The Kier molecular flexibility index (Phi) is 5.58. The quantitative estimate of drug-likeness (QED) is 0.830. The second kappa shape index (κ2) is 8.05. The number of ether oxygens (including phenoxy) is 1. The lowest BCUT2D eigenvalue weighted by Gasteiger charge is -2.28. The van der Waals surface area contributed by atoms with E-state index >= 15 is 0 Å². The standard InChI is InChI=1S/C16H19N5O2S/c1-23-15-13(17-9-10-18-15)14(22)21-11-3-5-12(6-4-11)24-16-19-7-2-8-20-16/h2,7-12H,3-6H2,1H3,(H,21,22). The summed E-state index contributed by atoms with van der Waals surface area (Å²) in [5.74, 6) is 0.0166. The van der Waals surface area contributed by atoms with Crippen LogP contribution in [0.25, 0.3) is 0 Å². The summed E-state index contributed by atoms with van der Waals surface area (Å²) < 4.78 is 5.09. The van der Waals surface area contributed by atoms with Crippen LogP contribution < -0.4 is 10.1 Å². The second-order valence-electron chi connectivity index (χ2n) is 5.51. The number of hydrogen-bond donors (Lipinski definition) is 1. The second-order valence-corrected chi connectivity index (χ2v) is 6.78. The van der Waals surface area contributed by atoms with Crippen molar-refractivity contribution in [2.45, 2.75) is 42.1 Å². The number of hydrogen-bond acceptors (Lipinski definition) is 7. The predicted molar refractivity (Wildman–Crippen MR) is 90.0 cm³/mol. The van der Waals surface area contributed by atoms with E-state index in [1.165, 1.54) is 19.5 Å². The molecule has 1 saturated carbocycles. The maximum atomic E-state index is 12.3. The molecular formula is C16H19N5O2S. The first-order chi connectivity index (χ1) is 11.8. The number of carbonyl (C=O) groups is 1. The number of thioether (sulfide) groups is 1. The Labute approximate surface area is 144 Å². The van der Waals surface area contributed by atoms with Crippen LogP contribution in [0, 0.1) is 0 Å². The number of nitrogens with one attached hydrogen (secondary N) is 1. The number of nitrogens with zero attached hydrogens (tertiary/aromatic N) is 4. The number of rotatable bonds is 5. The molecule has 3 rings (SSSR count). The van der Waals surface area contributed by atoms with Gasteiger partial charge in [-0.15, -0.1) is 0 Å². The van der Waals surface area contributed by atoms with Crippen molar-refractivity contribution in [3.8, 4) is 5.88 Å². The zero-order valence-electron chi connectivity index (χ0n) is 13.4. The van der Waals surface area contributed by atoms with Gasteiger partial charge in [-0.05, 0) is 31.7 Å². The van der Waals surface area contributed by atoms with E-state index in [9.17, 15) is 4.79 Å². The van der Waals surface area contributed by atoms with E-state index in [0.29, 0.717) is 5.25 Å². The van der Waals surface area contributed by atoms with E-state index in [1.807, 2.05) is 6.07 Å². The summed E-state index contributed by atoms with van der Waals surface area (Å²) in [6.45, 7) is 0. The third kappa shape index (κ3) is 4.19. The molecule has 2 aromatic rings. The fourth-order valence-corrected chi connectivity index (χ4v) is 3.75. The van der Waals surface area contributed by atoms with Gasteiger partial charge in [-0.3, -0.25) is 4.79 Å². The van der Waals surface area contributed by atoms with Crippen LogP contribution in [0.5, 0.6) is 5.88 Å². The summed E-state index contributed by atoms with van der Waals surface area (Å²) in [5.41, 5.74) is 0.231. The lowest BCUT2D eigenvalue weighted by Crippen LogP contribution is -2.38. The van der Waals surface area contributed by atoms with E-state index in [4.69, 9.17) is 4.74 Å². The summed E-state index contributed by atoms with van der Waals surface area (Å²) in [5, 5.41) is 4.34. The molecule has 0 unspecified atom stereocenters. The minimum Gasteiger partial charge on any atom is -0.479 e. The molecule has 0 atom stereocenters. The molecule has 126 valence electrons. The molecule has 1 fully saturated rings. The summed E-state index contributed by atoms with van der Waals surface area (Å²) >= 11 is 1.71. The molecule has 1 N–H and O–H groups in total. The average molecular weight is 345 g/mol. The first-order valence-electron chi connectivity index (χ1n) is 7.86. The van der Waals surface area contributed by atoms with E-state index in [2.05, 4.69) is 25.3 Å². The Morgan fingerprint density at radius 2 is 1.79 bits per heavy atom. The molecule has 0 aromatic carbocycles. The molecule has 0 bridgehead atoms. The zero-order valence-corrected chi connectivity index (χ0v) is 14.2. The summed E-state index contributed by atoms with van der Waals surface area (Å²) in [6.07, 6.45) is 10.4. The molecule has 1 aliphatic carbocycles. The molecule has 8 heteroatoms. The van der Waals surface area contributed by atoms with Gasteiger partial charge in [0.15, 0.2) is 10.9 Å². The maximum absolute atomic E-state index is 12.3. The number of aromatic nitrogens is 4. The Balaban J connectivity index is 1.51. The smallest absolute Gasteiger partial charge is 0.275 e. The van der Waals surface area contributed by atoms with Gasteiger partial charge in [-0.25, -0.2) is 19.9 Å². The van der Waals surface area contributed by atoms with Crippen molar-refractivity contribution in [1.82, 2.24) is 25.3 Å². The van der Waals surface area contributed by atoms with Crippen molar-refractivity contribution < 1.29 is 9.53 Å². The van der Waals surface area contributed by atoms with E-state index in [-0.39, 0.29) is 23.5 Å². The summed E-state index contributed by atoms with van der Waals surface area (Å²) in [6, 6.07) is 1.97. The Bertz CT molecular complexity index is 677. The molecule has 0 spiro atoms. The predicted octanol–water partition coefficient (Wildman–Crippen LogP) is 2.11. The van der Waals surface area contributed by atoms with Gasteiger partial charge in [0, 0.05) is 36.1 Å². The molecule has 2 heterocycles. The van der Waals surface area contributed by atoms with Crippen molar-refractivity contribution in [2.24, 2.45) is 0 Å². The highest BCUT2D eigenvalue weighted by atomic mass is 32.2. The third-order valence-electron chi connectivity index (χ3n) is 3.90. The van der Waals surface area contributed by atoms with Crippen molar-refractivity contribution in [2.75, 3.05) is 7.11 Å². The zero-order chi connectivity index (χ0) is 16.8. The number of methoxy groups -OCH3 is 1. The minimum atomic E-state index is -0.234. The molecule has 0 saturated heterocycles. The SMILES string of the molecule is COc1nccnc1C(=O)NC1CCC(Sc2ncccn2)CC1. The van der Waals surface area contributed by atoms with Crippen LogP contribution in [0.4, 0.5) is 0 Å². The van der Waals surface area contributed by atoms with Crippen LogP contribution in [0.15, 0.2) is 36.0 Å². The largest absolute Gasteiger partial charge is 0.479 e. The number of carbonyl (C=O) groups excluding carboxylic acids is 1. The minimum absolute atomic E-state index is 0.151.